The lowest BCUT2D eigenvalue weighted by molar-refractivity contribution is -0.143. The van der Waals surface area contributed by atoms with Gasteiger partial charge in [0.15, 0.2) is 6.61 Å². The van der Waals surface area contributed by atoms with E-state index in [9.17, 15) is 14.4 Å². The van der Waals surface area contributed by atoms with Crippen molar-refractivity contribution in [1.29, 1.82) is 0 Å². The predicted octanol–water partition coefficient (Wildman–Crippen LogP) is 2.14. The van der Waals surface area contributed by atoms with Gasteiger partial charge in [0, 0.05) is 12.1 Å². The van der Waals surface area contributed by atoms with E-state index in [0.717, 1.165) is 23.4 Å². The second-order valence-corrected chi connectivity index (χ2v) is 7.56. The highest BCUT2D eigenvalue weighted by molar-refractivity contribution is 7.14. The quantitative estimate of drug-likeness (QED) is 0.792. The van der Waals surface area contributed by atoms with E-state index in [2.05, 4.69) is 4.98 Å². The summed E-state index contributed by atoms with van der Waals surface area (Å²) in [6.45, 7) is 1.83. The molecule has 1 fully saturated rings. The molecule has 8 heteroatoms. The van der Waals surface area contributed by atoms with E-state index < -0.39 is 30.4 Å². The summed E-state index contributed by atoms with van der Waals surface area (Å²) in [5.74, 6) is -1.53. The van der Waals surface area contributed by atoms with Crippen molar-refractivity contribution in [1.82, 2.24) is 9.88 Å². The van der Waals surface area contributed by atoms with Crippen molar-refractivity contribution in [3.05, 3.63) is 40.2 Å². The average molecular weight is 387 g/mol. The van der Waals surface area contributed by atoms with Gasteiger partial charge in [-0.25, -0.2) is 9.78 Å². The lowest BCUT2D eigenvalue weighted by atomic mass is 10.0. The fourth-order valence-electron chi connectivity index (χ4n) is 3.16. The number of primary amides is 1. The summed E-state index contributed by atoms with van der Waals surface area (Å²) < 4.78 is 5.23. The molecule has 1 aliphatic heterocycles. The zero-order valence-corrected chi connectivity index (χ0v) is 15.8. The summed E-state index contributed by atoms with van der Waals surface area (Å²) in [7, 11) is 0. The molecule has 1 atom stereocenters. The van der Waals surface area contributed by atoms with Crippen LogP contribution in [0.2, 0.25) is 0 Å². The number of hydrogen-bond acceptors (Lipinski definition) is 6. The van der Waals surface area contributed by atoms with Crippen LogP contribution in [0.5, 0.6) is 0 Å². The summed E-state index contributed by atoms with van der Waals surface area (Å²) in [6.07, 6.45) is 2.19. The average Bonchev–Trinajstić information content (AvgIpc) is 3.08. The molecule has 1 aromatic heterocycles. The molecule has 2 amide bonds. The van der Waals surface area contributed by atoms with E-state index in [1.54, 1.807) is 0 Å². The van der Waals surface area contributed by atoms with E-state index >= 15 is 0 Å². The highest BCUT2D eigenvalue weighted by atomic mass is 32.1. The third-order valence-corrected chi connectivity index (χ3v) is 5.40. The standard InChI is InChI=1S/C19H21N3O4S/c1-12-21-16(13-7-3-2-4-8-13)17(27-12)19(25)26-11-15(23)22-10-6-5-9-14(22)18(20)24/h2-4,7-8,14H,5-6,9-11H2,1H3,(H2,20,24)/t14-/m1/s1. The molecular formula is C19H21N3O4S. The molecule has 142 valence electrons. The summed E-state index contributed by atoms with van der Waals surface area (Å²) in [6, 6.07) is 8.71. The molecule has 2 aromatic rings. The van der Waals surface area contributed by atoms with Crippen LogP contribution in [0.25, 0.3) is 11.3 Å². The molecule has 2 N–H and O–H groups in total. The van der Waals surface area contributed by atoms with E-state index in [4.69, 9.17) is 10.5 Å². The van der Waals surface area contributed by atoms with Crippen molar-refractivity contribution in [3.8, 4) is 11.3 Å². The van der Waals surface area contributed by atoms with Gasteiger partial charge in [-0.2, -0.15) is 0 Å². The van der Waals surface area contributed by atoms with Crippen LogP contribution in [0.15, 0.2) is 30.3 Å². The molecule has 0 bridgehead atoms. The first-order chi connectivity index (χ1) is 13.0. The number of esters is 1. The predicted molar refractivity (Wildman–Crippen MR) is 101 cm³/mol. The number of nitrogens with zero attached hydrogens (tertiary/aromatic N) is 2. The van der Waals surface area contributed by atoms with Crippen molar-refractivity contribution in [2.45, 2.75) is 32.2 Å². The minimum Gasteiger partial charge on any atom is -0.451 e. The molecular weight excluding hydrogens is 366 g/mol. The van der Waals surface area contributed by atoms with Gasteiger partial charge in [-0.1, -0.05) is 30.3 Å². The maximum atomic E-state index is 12.5. The Morgan fingerprint density at radius 1 is 1.26 bits per heavy atom. The van der Waals surface area contributed by atoms with Crippen molar-refractivity contribution in [2.24, 2.45) is 5.73 Å². The lowest BCUT2D eigenvalue weighted by Crippen LogP contribution is -2.51. The molecule has 0 saturated carbocycles. The molecule has 2 heterocycles. The number of thiazole rings is 1. The molecule has 1 aromatic carbocycles. The Morgan fingerprint density at radius 2 is 2.00 bits per heavy atom. The minimum atomic E-state index is -0.629. The second kappa shape index (κ2) is 8.30. The molecule has 0 unspecified atom stereocenters. The first kappa shape index (κ1) is 19.0. The smallest absolute Gasteiger partial charge is 0.351 e. The number of benzene rings is 1. The fraction of sp³-hybridized carbons (Fsp3) is 0.368. The number of rotatable bonds is 5. The molecule has 7 nitrogen and oxygen atoms in total. The number of aryl methyl sites for hydroxylation is 1. The normalized spacial score (nSPS) is 16.8. The number of carbonyl (C=O) groups excluding carboxylic acids is 3. The third-order valence-electron chi connectivity index (χ3n) is 4.45. The Kier molecular flexibility index (Phi) is 5.85. The number of likely N-dealkylation sites (tertiary alicyclic amines) is 1. The maximum Gasteiger partial charge on any atom is 0.351 e. The summed E-state index contributed by atoms with van der Waals surface area (Å²) in [5.41, 5.74) is 6.74. The van der Waals surface area contributed by atoms with E-state index in [1.807, 2.05) is 37.3 Å². The Morgan fingerprint density at radius 3 is 2.70 bits per heavy atom. The molecule has 27 heavy (non-hydrogen) atoms. The minimum absolute atomic E-state index is 0.358. The largest absolute Gasteiger partial charge is 0.451 e. The lowest BCUT2D eigenvalue weighted by Gasteiger charge is -2.33. The van der Waals surface area contributed by atoms with Gasteiger partial charge in [0.25, 0.3) is 5.91 Å². The SMILES string of the molecule is Cc1nc(-c2ccccc2)c(C(=O)OCC(=O)N2CCCC[C@@H]2C(N)=O)s1. The summed E-state index contributed by atoms with van der Waals surface area (Å²) >= 11 is 1.23. The highest BCUT2D eigenvalue weighted by Crippen LogP contribution is 2.28. The molecule has 0 aliphatic carbocycles. The number of carbonyl (C=O) groups is 3. The van der Waals surface area contributed by atoms with Crippen molar-refractivity contribution in [2.75, 3.05) is 13.2 Å². The van der Waals surface area contributed by atoms with Gasteiger partial charge in [-0.15, -0.1) is 11.3 Å². The van der Waals surface area contributed by atoms with Gasteiger partial charge in [-0.3, -0.25) is 9.59 Å². The van der Waals surface area contributed by atoms with Crippen LogP contribution < -0.4 is 5.73 Å². The van der Waals surface area contributed by atoms with Crippen LogP contribution in [0, 0.1) is 6.92 Å². The van der Waals surface area contributed by atoms with Gasteiger partial charge < -0.3 is 15.4 Å². The van der Waals surface area contributed by atoms with E-state index in [0.29, 0.717) is 23.5 Å². The molecule has 1 aliphatic rings. The van der Waals surface area contributed by atoms with Gasteiger partial charge in [0.05, 0.1) is 10.7 Å². The number of piperidine rings is 1. The first-order valence-corrected chi connectivity index (χ1v) is 9.57. The second-order valence-electron chi connectivity index (χ2n) is 6.35. The Bertz CT molecular complexity index is 850. The molecule has 0 spiro atoms. The van der Waals surface area contributed by atoms with Crippen molar-refractivity contribution >= 4 is 29.1 Å². The molecule has 0 radical (unpaired) electrons. The zero-order valence-electron chi connectivity index (χ0n) is 15.0. The molecule has 3 rings (SSSR count). The van der Waals surface area contributed by atoms with Gasteiger partial charge in [-0.05, 0) is 26.2 Å². The Balaban J connectivity index is 1.70. The van der Waals surface area contributed by atoms with Crippen molar-refractivity contribution < 1.29 is 19.1 Å². The van der Waals surface area contributed by atoms with Crippen LogP contribution in [0.1, 0.15) is 33.9 Å². The summed E-state index contributed by atoms with van der Waals surface area (Å²) in [4.78, 5) is 42.7. The monoisotopic (exact) mass is 387 g/mol. The van der Waals surface area contributed by atoms with Gasteiger partial charge >= 0.3 is 5.97 Å². The highest BCUT2D eigenvalue weighted by Gasteiger charge is 2.31. The number of ether oxygens (including phenoxy) is 1. The van der Waals surface area contributed by atoms with Crippen LogP contribution in [-0.2, 0) is 14.3 Å². The maximum absolute atomic E-state index is 12.5. The number of aromatic nitrogens is 1. The Hall–Kier alpha value is -2.74. The van der Waals surface area contributed by atoms with Gasteiger partial charge in [0.2, 0.25) is 5.91 Å². The van der Waals surface area contributed by atoms with Crippen LogP contribution >= 0.6 is 11.3 Å². The van der Waals surface area contributed by atoms with Crippen LogP contribution in [-0.4, -0.2) is 46.9 Å². The van der Waals surface area contributed by atoms with Gasteiger partial charge in [0.1, 0.15) is 10.9 Å². The summed E-state index contributed by atoms with van der Waals surface area (Å²) in [5, 5.41) is 0.733. The third kappa shape index (κ3) is 4.33. The van der Waals surface area contributed by atoms with Crippen molar-refractivity contribution in [3.63, 3.8) is 0 Å². The number of hydrogen-bond donors (Lipinski definition) is 1. The Labute approximate surface area is 161 Å². The van der Waals surface area contributed by atoms with E-state index in [-0.39, 0.29) is 0 Å². The first-order valence-electron chi connectivity index (χ1n) is 8.76. The number of nitrogens with two attached hydrogens (primary N) is 1. The zero-order chi connectivity index (χ0) is 19.4. The number of amides is 2. The van der Waals surface area contributed by atoms with Crippen LogP contribution in [0.4, 0.5) is 0 Å². The van der Waals surface area contributed by atoms with E-state index in [1.165, 1.54) is 16.2 Å². The topological polar surface area (TPSA) is 103 Å². The van der Waals surface area contributed by atoms with Crippen LogP contribution in [0.3, 0.4) is 0 Å². The molecule has 1 saturated heterocycles. The fourth-order valence-corrected chi connectivity index (χ4v) is 3.99.